The Hall–Kier alpha value is -0.930. The van der Waals surface area contributed by atoms with Gasteiger partial charge in [0.1, 0.15) is 0 Å². The molecule has 0 aromatic carbocycles. The van der Waals surface area contributed by atoms with Crippen LogP contribution in [0.2, 0.25) is 0 Å². The van der Waals surface area contributed by atoms with Crippen molar-refractivity contribution in [1.29, 1.82) is 0 Å². The molecule has 3 heteroatoms. The Balaban J connectivity index is 2.50. The first-order valence-corrected chi connectivity index (χ1v) is 4.56. The maximum atomic E-state index is 9.63. The topological polar surface area (TPSA) is 59.1 Å². The Bertz CT molecular complexity index is 238. The highest BCUT2D eigenvalue weighted by molar-refractivity contribution is 5.11. The lowest BCUT2D eigenvalue weighted by Crippen LogP contribution is -2.35. The van der Waals surface area contributed by atoms with E-state index in [0.717, 1.165) is 12.0 Å². The molecule has 0 aliphatic carbocycles. The van der Waals surface area contributed by atoms with Gasteiger partial charge in [-0.1, -0.05) is 6.92 Å². The number of hydrogen-bond acceptors (Lipinski definition) is 3. The second-order valence-electron chi connectivity index (χ2n) is 3.20. The van der Waals surface area contributed by atoms with Crippen LogP contribution in [-0.4, -0.2) is 22.2 Å². The van der Waals surface area contributed by atoms with Crippen molar-refractivity contribution in [2.75, 3.05) is 0 Å². The van der Waals surface area contributed by atoms with Crippen molar-refractivity contribution >= 4 is 0 Å². The van der Waals surface area contributed by atoms with Crippen LogP contribution < -0.4 is 5.73 Å². The fourth-order valence-electron chi connectivity index (χ4n) is 1.18. The Morgan fingerprint density at radius 3 is 2.62 bits per heavy atom. The third-order valence-corrected chi connectivity index (χ3v) is 2.16. The van der Waals surface area contributed by atoms with Crippen molar-refractivity contribution in [2.24, 2.45) is 5.73 Å². The van der Waals surface area contributed by atoms with Crippen LogP contribution in [0.4, 0.5) is 0 Å². The number of nitrogens with two attached hydrogens (primary N) is 1. The summed E-state index contributed by atoms with van der Waals surface area (Å²) in [5.41, 5.74) is 6.77. The summed E-state index contributed by atoms with van der Waals surface area (Å²) < 4.78 is 0. The third kappa shape index (κ3) is 3.13. The van der Waals surface area contributed by atoms with Crippen LogP contribution in [0.25, 0.3) is 0 Å². The molecule has 0 amide bonds. The number of aromatic nitrogens is 1. The Kier molecular flexibility index (Phi) is 3.86. The van der Waals surface area contributed by atoms with Crippen LogP contribution in [-0.2, 0) is 6.42 Å². The van der Waals surface area contributed by atoms with Gasteiger partial charge in [0.05, 0.1) is 6.10 Å². The highest BCUT2D eigenvalue weighted by Gasteiger charge is 2.12. The predicted octanol–water partition coefficient (Wildman–Crippen LogP) is 0.722. The van der Waals surface area contributed by atoms with Crippen LogP contribution in [0.3, 0.4) is 0 Å². The van der Waals surface area contributed by atoms with E-state index in [1.165, 1.54) is 0 Å². The van der Waals surface area contributed by atoms with Gasteiger partial charge in [-0.05, 0) is 30.5 Å². The first-order chi connectivity index (χ1) is 6.24. The lowest BCUT2D eigenvalue weighted by molar-refractivity contribution is 0.142. The first kappa shape index (κ1) is 10.2. The monoisotopic (exact) mass is 180 g/mol. The number of rotatable bonds is 4. The summed E-state index contributed by atoms with van der Waals surface area (Å²) in [6.45, 7) is 1.97. The normalized spacial score (nSPS) is 15.3. The van der Waals surface area contributed by atoms with Crippen molar-refractivity contribution in [3.05, 3.63) is 30.1 Å². The largest absolute Gasteiger partial charge is 0.391 e. The van der Waals surface area contributed by atoms with Crippen molar-refractivity contribution < 1.29 is 5.11 Å². The summed E-state index contributed by atoms with van der Waals surface area (Å²) >= 11 is 0. The summed E-state index contributed by atoms with van der Waals surface area (Å²) in [6.07, 6.45) is 4.40. The van der Waals surface area contributed by atoms with Gasteiger partial charge in [-0.25, -0.2) is 0 Å². The van der Waals surface area contributed by atoms with Crippen LogP contribution in [0, 0.1) is 0 Å². The molecule has 3 nitrogen and oxygen atoms in total. The smallest absolute Gasteiger partial charge is 0.0731 e. The van der Waals surface area contributed by atoms with Gasteiger partial charge < -0.3 is 10.8 Å². The Labute approximate surface area is 78.6 Å². The van der Waals surface area contributed by atoms with E-state index in [9.17, 15) is 5.11 Å². The molecule has 0 saturated heterocycles. The minimum absolute atomic E-state index is 0.131. The van der Waals surface area contributed by atoms with Gasteiger partial charge in [-0.3, -0.25) is 4.98 Å². The van der Waals surface area contributed by atoms with E-state index in [1.54, 1.807) is 12.4 Å². The molecule has 0 spiro atoms. The molecule has 0 fully saturated rings. The van der Waals surface area contributed by atoms with E-state index in [0.29, 0.717) is 6.42 Å². The van der Waals surface area contributed by atoms with Crippen molar-refractivity contribution in [1.82, 2.24) is 4.98 Å². The summed E-state index contributed by atoms with van der Waals surface area (Å²) in [7, 11) is 0. The molecule has 1 heterocycles. The van der Waals surface area contributed by atoms with E-state index in [-0.39, 0.29) is 6.04 Å². The van der Waals surface area contributed by atoms with Gasteiger partial charge in [0, 0.05) is 18.4 Å². The number of hydrogen-bond donors (Lipinski definition) is 2. The standard InChI is InChI=1S/C10H16N2O/c1-2-9(11)10(13)7-8-3-5-12-6-4-8/h3-6,9-10,13H,2,7,11H2,1H3. The molecule has 0 radical (unpaired) electrons. The fourth-order valence-corrected chi connectivity index (χ4v) is 1.18. The number of aliphatic hydroxyl groups excluding tert-OH is 1. The average molecular weight is 180 g/mol. The van der Waals surface area contributed by atoms with E-state index in [2.05, 4.69) is 4.98 Å². The quantitative estimate of drug-likeness (QED) is 0.718. The molecule has 1 aromatic heterocycles. The van der Waals surface area contributed by atoms with E-state index >= 15 is 0 Å². The molecule has 72 valence electrons. The molecule has 0 aliphatic rings. The molecule has 0 bridgehead atoms. The highest BCUT2D eigenvalue weighted by atomic mass is 16.3. The first-order valence-electron chi connectivity index (χ1n) is 4.56. The summed E-state index contributed by atoms with van der Waals surface area (Å²) in [4.78, 5) is 3.90. The second-order valence-corrected chi connectivity index (χ2v) is 3.20. The minimum atomic E-state index is -0.451. The number of aliphatic hydroxyl groups is 1. The molecule has 1 aromatic rings. The Morgan fingerprint density at radius 2 is 2.08 bits per heavy atom. The lowest BCUT2D eigenvalue weighted by atomic mass is 10.0. The zero-order valence-corrected chi connectivity index (χ0v) is 7.85. The van der Waals surface area contributed by atoms with E-state index in [4.69, 9.17) is 5.73 Å². The third-order valence-electron chi connectivity index (χ3n) is 2.16. The van der Waals surface area contributed by atoms with E-state index in [1.807, 2.05) is 19.1 Å². The summed E-state index contributed by atoms with van der Waals surface area (Å²) in [5.74, 6) is 0. The van der Waals surface area contributed by atoms with Gasteiger partial charge in [0.25, 0.3) is 0 Å². The predicted molar refractivity (Wildman–Crippen MR) is 52.2 cm³/mol. The van der Waals surface area contributed by atoms with Crippen LogP contribution in [0.15, 0.2) is 24.5 Å². The molecule has 0 aliphatic heterocycles. The number of pyridine rings is 1. The van der Waals surface area contributed by atoms with Crippen LogP contribution >= 0.6 is 0 Å². The highest BCUT2D eigenvalue weighted by Crippen LogP contribution is 2.05. The summed E-state index contributed by atoms with van der Waals surface area (Å²) in [5, 5.41) is 9.63. The summed E-state index contributed by atoms with van der Waals surface area (Å²) in [6, 6.07) is 3.66. The van der Waals surface area contributed by atoms with Gasteiger partial charge >= 0.3 is 0 Å². The van der Waals surface area contributed by atoms with Gasteiger partial charge in [-0.2, -0.15) is 0 Å². The minimum Gasteiger partial charge on any atom is -0.391 e. The SMILES string of the molecule is CCC(N)C(O)Cc1ccncc1. The van der Waals surface area contributed by atoms with Crippen molar-refractivity contribution in [3.63, 3.8) is 0 Å². The van der Waals surface area contributed by atoms with Crippen LogP contribution in [0.5, 0.6) is 0 Å². The van der Waals surface area contributed by atoms with Gasteiger partial charge in [-0.15, -0.1) is 0 Å². The molecule has 0 saturated carbocycles. The zero-order chi connectivity index (χ0) is 9.68. The van der Waals surface area contributed by atoms with E-state index < -0.39 is 6.10 Å². The maximum absolute atomic E-state index is 9.63. The average Bonchev–Trinajstić information content (AvgIpc) is 2.18. The molecule has 2 atom stereocenters. The Morgan fingerprint density at radius 1 is 1.46 bits per heavy atom. The molecular weight excluding hydrogens is 164 g/mol. The molecule has 3 N–H and O–H groups in total. The van der Waals surface area contributed by atoms with Gasteiger partial charge in [0.2, 0.25) is 0 Å². The molecular formula is C10H16N2O. The number of nitrogens with zero attached hydrogens (tertiary/aromatic N) is 1. The molecule has 13 heavy (non-hydrogen) atoms. The van der Waals surface area contributed by atoms with Crippen LogP contribution in [0.1, 0.15) is 18.9 Å². The van der Waals surface area contributed by atoms with Crippen molar-refractivity contribution in [3.8, 4) is 0 Å². The molecule has 2 unspecified atom stereocenters. The lowest BCUT2D eigenvalue weighted by Gasteiger charge is -2.16. The fraction of sp³-hybridized carbons (Fsp3) is 0.500. The maximum Gasteiger partial charge on any atom is 0.0731 e. The second kappa shape index (κ2) is 4.94. The van der Waals surface area contributed by atoms with Gasteiger partial charge in [0.15, 0.2) is 0 Å². The molecule has 1 rings (SSSR count). The zero-order valence-electron chi connectivity index (χ0n) is 7.85. The van der Waals surface area contributed by atoms with Crippen molar-refractivity contribution in [2.45, 2.75) is 31.9 Å².